The molecule has 2 nitrogen and oxygen atoms in total. The maximum absolute atomic E-state index is 10.5. The third kappa shape index (κ3) is 1.41. The minimum absolute atomic E-state index is 0.311. The second kappa shape index (κ2) is 2.60. The van der Waals surface area contributed by atoms with Gasteiger partial charge in [0.05, 0.1) is 0 Å². The van der Waals surface area contributed by atoms with E-state index in [0.29, 0.717) is 5.69 Å². The number of aromatic nitrogens is 1. The Balaban J connectivity index is 3.00. The molecule has 1 rings (SSSR count). The molecule has 0 N–H and O–H groups in total. The van der Waals surface area contributed by atoms with Crippen molar-refractivity contribution in [3.05, 3.63) is 36.5 Å². The highest BCUT2D eigenvalue weighted by molar-refractivity contribution is 5.97. The van der Waals surface area contributed by atoms with Gasteiger partial charge >= 0.3 is 0 Å². The largest absolute Gasteiger partial charge is 0.292 e. The fourth-order valence-corrected chi connectivity index (χ4v) is 0.614. The molecule has 0 unspecified atom stereocenters. The Morgan fingerprint density at radius 1 is 1.60 bits per heavy atom. The Morgan fingerprint density at radius 2 is 2.30 bits per heavy atom. The van der Waals surface area contributed by atoms with Gasteiger partial charge in [0.15, 0.2) is 5.78 Å². The van der Waals surface area contributed by atoms with E-state index in [1.54, 1.807) is 18.3 Å². The van der Waals surface area contributed by atoms with Crippen molar-refractivity contribution in [2.45, 2.75) is 6.92 Å². The van der Waals surface area contributed by atoms with E-state index in [1.165, 1.54) is 0 Å². The van der Waals surface area contributed by atoms with Gasteiger partial charge in [-0.3, -0.25) is 9.78 Å². The molecule has 0 aliphatic carbocycles. The van der Waals surface area contributed by atoms with Crippen LogP contribution < -0.4 is 0 Å². The van der Waals surface area contributed by atoms with E-state index in [-0.39, 0.29) is 0 Å². The number of carbonyl (C=O) groups excluding carboxylic acids is 1. The molecule has 0 fully saturated rings. The predicted molar refractivity (Wildman–Crippen MR) is 37.6 cm³/mol. The van der Waals surface area contributed by atoms with Gasteiger partial charge < -0.3 is 0 Å². The summed E-state index contributed by atoms with van der Waals surface area (Å²) in [7, 11) is 0. The van der Waals surface area contributed by atoms with Crippen molar-refractivity contribution in [3.63, 3.8) is 0 Å². The normalized spacial score (nSPS) is 9.40. The van der Waals surface area contributed by atoms with E-state index in [9.17, 15) is 4.79 Å². The quantitative estimate of drug-likeness (QED) is 0.540. The van der Waals surface area contributed by atoms with E-state index in [4.69, 9.17) is 6.92 Å². The number of nitrogens with zero attached hydrogens (tertiary/aromatic N) is 1. The van der Waals surface area contributed by atoms with Crippen LogP contribution in [-0.4, -0.2) is 10.8 Å². The summed E-state index contributed by atoms with van der Waals surface area (Å²) in [5, 5.41) is 0. The van der Waals surface area contributed by atoms with Crippen LogP contribution in [-0.2, 0) is 0 Å². The van der Waals surface area contributed by atoms with Crippen molar-refractivity contribution in [3.8, 4) is 0 Å². The zero-order chi connectivity index (χ0) is 7.56. The Hall–Kier alpha value is -1.18. The summed E-state index contributed by atoms with van der Waals surface area (Å²) >= 11 is 0. The van der Waals surface area contributed by atoms with Crippen molar-refractivity contribution in [1.82, 2.24) is 4.98 Å². The maximum atomic E-state index is 10.5. The topological polar surface area (TPSA) is 30.0 Å². The van der Waals surface area contributed by atoms with Gasteiger partial charge in [0.25, 0.3) is 0 Å². The summed E-state index contributed by atoms with van der Waals surface area (Å²) in [6.45, 7) is 6.86. The lowest BCUT2D eigenvalue weighted by Gasteiger charge is -1.92. The molecule has 0 aromatic carbocycles. The number of carbonyl (C=O) groups is 1. The van der Waals surface area contributed by atoms with Crippen LogP contribution in [0.5, 0.6) is 0 Å². The van der Waals surface area contributed by atoms with Gasteiger partial charge in [-0.25, -0.2) is 0 Å². The van der Waals surface area contributed by atoms with E-state index < -0.39 is 5.78 Å². The zero-order valence-electron chi connectivity index (χ0n) is 5.66. The summed E-state index contributed by atoms with van der Waals surface area (Å²) < 4.78 is 0. The SMILES string of the molecule is [CH]C(=O)c1ccc(C)cn1. The minimum atomic E-state index is -0.486. The molecule has 0 aliphatic rings. The molecule has 50 valence electrons. The van der Waals surface area contributed by atoms with Crippen LogP contribution in [0, 0.1) is 13.8 Å². The third-order valence-corrected chi connectivity index (χ3v) is 1.16. The molecule has 0 bridgehead atoms. The molecule has 0 saturated carbocycles. The number of Topliss-reactive ketones (excluding diaryl/α,β-unsaturated/α-hetero) is 1. The van der Waals surface area contributed by atoms with E-state index >= 15 is 0 Å². The smallest absolute Gasteiger partial charge is 0.185 e. The zero-order valence-corrected chi connectivity index (χ0v) is 5.66. The van der Waals surface area contributed by atoms with E-state index in [1.807, 2.05) is 6.92 Å². The minimum Gasteiger partial charge on any atom is -0.292 e. The van der Waals surface area contributed by atoms with Gasteiger partial charge in [-0.1, -0.05) is 6.07 Å². The molecule has 2 radical (unpaired) electrons. The molecule has 0 aliphatic heterocycles. The van der Waals surface area contributed by atoms with Crippen molar-refractivity contribution in [2.75, 3.05) is 0 Å². The standard InChI is InChI=1S/C8H7NO/c1-6-3-4-8(7(2)10)9-5-6/h2-5H,1H3. The Bertz CT molecular complexity index is 238. The van der Waals surface area contributed by atoms with Crippen molar-refractivity contribution in [2.24, 2.45) is 0 Å². The van der Waals surface area contributed by atoms with Crippen LogP contribution in [0.25, 0.3) is 0 Å². The van der Waals surface area contributed by atoms with Crippen molar-refractivity contribution in [1.29, 1.82) is 0 Å². The molecule has 10 heavy (non-hydrogen) atoms. The third-order valence-electron chi connectivity index (χ3n) is 1.16. The van der Waals surface area contributed by atoms with E-state index in [0.717, 1.165) is 5.56 Å². The number of hydrogen-bond acceptors (Lipinski definition) is 2. The lowest BCUT2D eigenvalue weighted by atomic mass is 10.2. The summed E-state index contributed by atoms with van der Waals surface area (Å²) in [4.78, 5) is 14.3. The number of ketones is 1. The highest BCUT2D eigenvalue weighted by Crippen LogP contribution is 1.97. The molecule has 1 heterocycles. The molecule has 0 saturated heterocycles. The summed E-state index contributed by atoms with van der Waals surface area (Å²) in [5.41, 5.74) is 1.33. The lowest BCUT2D eigenvalue weighted by Crippen LogP contribution is -1.95. The fraction of sp³-hybridized carbons (Fsp3) is 0.125. The Labute approximate surface area is 59.9 Å². The summed E-state index contributed by atoms with van der Waals surface area (Å²) in [5.74, 6) is -0.486. The van der Waals surface area contributed by atoms with Gasteiger partial charge in [-0.15, -0.1) is 0 Å². The first-order valence-corrected chi connectivity index (χ1v) is 2.92. The molecule has 0 spiro atoms. The number of hydrogen-bond donors (Lipinski definition) is 0. The Kier molecular flexibility index (Phi) is 1.81. The first kappa shape index (κ1) is 6.93. The number of rotatable bonds is 1. The average Bonchev–Trinajstić information content (AvgIpc) is 1.88. The summed E-state index contributed by atoms with van der Waals surface area (Å²) in [6, 6.07) is 3.41. The maximum Gasteiger partial charge on any atom is 0.185 e. The van der Waals surface area contributed by atoms with Crippen LogP contribution >= 0.6 is 0 Å². The van der Waals surface area contributed by atoms with Crippen molar-refractivity contribution >= 4 is 5.78 Å². The van der Waals surface area contributed by atoms with Gasteiger partial charge in [-0.05, 0) is 18.6 Å². The first-order chi connectivity index (χ1) is 4.70. The van der Waals surface area contributed by atoms with Crippen LogP contribution in [0.1, 0.15) is 16.1 Å². The lowest BCUT2D eigenvalue weighted by molar-refractivity contribution is 0.104. The number of pyridine rings is 1. The van der Waals surface area contributed by atoms with E-state index in [2.05, 4.69) is 4.98 Å². The summed E-state index contributed by atoms with van der Waals surface area (Å²) in [6.07, 6.45) is 1.61. The first-order valence-electron chi connectivity index (χ1n) is 2.92. The average molecular weight is 133 g/mol. The molecule has 1 aromatic rings. The van der Waals surface area contributed by atoms with Crippen LogP contribution in [0.15, 0.2) is 18.3 Å². The molecule has 2 heteroatoms. The van der Waals surface area contributed by atoms with Crippen molar-refractivity contribution < 1.29 is 4.79 Å². The van der Waals surface area contributed by atoms with Gasteiger partial charge in [-0.2, -0.15) is 0 Å². The van der Waals surface area contributed by atoms with Gasteiger partial charge in [0.1, 0.15) is 5.69 Å². The monoisotopic (exact) mass is 133 g/mol. The van der Waals surface area contributed by atoms with Crippen LogP contribution in [0.4, 0.5) is 0 Å². The van der Waals surface area contributed by atoms with Crippen LogP contribution in [0.2, 0.25) is 0 Å². The highest BCUT2D eigenvalue weighted by atomic mass is 16.1. The highest BCUT2D eigenvalue weighted by Gasteiger charge is 1.97. The van der Waals surface area contributed by atoms with Gasteiger partial charge in [0, 0.05) is 13.1 Å². The fourth-order valence-electron chi connectivity index (χ4n) is 0.614. The molecular weight excluding hydrogens is 126 g/mol. The second-order valence-corrected chi connectivity index (χ2v) is 2.09. The predicted octanol–water partition coefficient (Wildman–Crippen LogP) is 1.28. The van der Waals surface area contributed by atoms with Gasteiger partial charge in [0.2, 0.25) is 0 Å². The number of aryl methyl sites for hydroxylation is 1. The Morgan fingerprint density at radius 3 is 2.70 bits per heavy atom. The second-order valence-electron chi connectivity index (χ2n) is 2.09. The molecular formula is C8H7NO. The molecule has 0 atom stereocenters. The molecule has 0 amide bonds. The molecule has 1 aromatic heterocycles. The van der Waals surface area contributed by atoms with Crippen LogP contribution in [0.3, 0.4) is 0 Å².